The molecule has 0 saturated carbocycles. The Bertz CT molecular complexity index is 648. The lowest BCUT2D eigenvalue weighted by molar-refractivity contribution is 1.07. The van der Waals surface area contributed by atoms with Crippen molar-refractivity contribution in [3.05, 3.63) is 53.2 Å². The molecule has 0 aliphatic heterocycles. The van der Waals surface area contributed by atoms with E-state index in [0.29, 0.717) is 0 Å². The lowest BCUT2D eigenvalue weighted by atomic mass is 10.2. The Balaban J connectivity index is 1.76. The van der Waals surface area contributed by atoms with Crippen LogP contribution in [0.4, 0.5) is 0 Å². The number of fused-ring (bicyclic) bond motifs is 1. The highest BCUT2D eigenvalue weighted by Gasteiger charge is 2.04. The molecule has 0 aliphatic carbocycles. The molecule has 0 bridgehead atoms. The van der Waals surface area contributed by atoms with Crippen molar-refractivity contribution in [3.63, 3.8) is 0 Å². The van der Waals surface area contributed by atoms with Crippen molar-refractivity contribution < 1.29 is 0 Å². The molecule has 1 N–H and O–H groups in total. The standard InChI is InChI=1S/C13H10ClN3S/c14-10-4-1-3-9(7-10)8-18-13-16-11-5-2-6-15-12(11)17-13/h1-7H,8H2,(H,15,16,17). The van der Waals surface area contributed by atoms with Gasteiger partial charge in [0, 0.05) is 17.0 Å². The summed E-state index contributed by atoms with van der Waals surface area (Å²) in [4.78, 5) is 11.8. The number of pyridine rings is 1. The molecular weight excluding hydrogens is 266 g/mol. The third-order valence-corrected chi connectivity index (χ3v) is 3.68. The molecule has 3 rings (SSSR count). The van der Waals surface area contributed by atoms with E-state index < -0.39 is 0 Å². The van der Waals surface area contributed by atoms with Gasteiger partial charge in [-0.15, -0.1) is 0 Å². The number of aromatic nitrogens is 3. The van der Waals surface area contributed by atoms with Gasteiger partial charge in [0.05, 0.1) is 5.52 Å². The topological polar surface area (TPSA) is 41.6 Å². The molecule has 2 heterocycles. The van der Waals surface area contributed by atoms with Crippen LogP contribution in [0.15, 0.2) is 47.8 Å². The summed E-state index contributed by atoms with van der Waals surface area (Å²) in [7, 11) is 0. The van der Waals surface area contributed by atoms with Crippen LogP contribution in [0, 0.1) is 0 Å². The molecule has 0 fully saturated rings. The van der Waals surface area contributed by atoms with Gasteiger partial charge in [0.25, 0.3) is 0 Å². The summed E-state index contributed by atoms with van der Waals surface area (Å²) in [6, 6.07) is 11.7. The third kappa shape index (κ3) is 2.49. The van der Waals surface area contributed by atoms with Crippen molar-refractivity contribution in [1.29, 1.82) is 0 Å². The molecule has 0 saturated heterocycles. The van der Waals surface area contributed by atoms with Gasteiger partial charge < -0.3 is 4.98 Å². The summed E-state index contributed by atoms with van der Waals surface area (Å²) in [6.45, 7) is 0. The lowest BCUT2D eigenvalue weighted by Gasteiger charge is -1.99. The molecule has 3 aromatic rings. The Morgan fingerprint density at radius 3 is 3.00 bits per heavy atom. The van der Waals surface area contributed by atoms with E-state index in [1.807, 2.05) is 30.3 Å². The van der Waals surface area contributed by atoms with E-state index in [0.717, 1.165) is 27.1 Å². The number of halogens is 1. The van der Waals surface area contributed by atoms with Gasteiger partial charge in [0.15, 0.2) is 10.8 Å². The Hall–Kier alpha value is -1.52. The first-order chi connectivity index (χ1) is 8.81. The van der Waals surface area contributed by atoms with Gasteiger partial charge >= 0.3 is 0 Å². The lowest BCUT2D eigenvalue weighted by Crippen LogP contribution is -1.81. The van der Waals surface area contributed by atoms with Gasteiger partial charge in [0.2, 0.25) is 0 Å². The molecule has 90 valence electrons. The Labute approximate surface area is 114 Å². The van der Waals surface area contributed by atoms with E-state index in [1.165, 1.54) is 5.56 Å². The molecular formula is C13H10ClN3S. The number of imidazole rings is 1. The van der Waals surface area contributed by atoms with Crippen molar-refractivity contribution in [2.45, 2.75) is 10.9 Å². The summed E-state index contributed by atoms with van der Waals surface area (Å²) in [6.07, 6.45) is 1.74. The second-order valence-corrected chi connectivity index (χ2v) is 5.24. The zero-order chi connectivity index (χ0) is 12.4. The molecule has 0 atom stereocenters. The SMILES string of the molecule is Clc1cccc(CSc2nc3ncccc3[nH]2)c1. The zero-order valence-electron chi connectivity index (χ0n) is 9.43. The number of benzene rings is 1. The van der Waals surface area contributed by atoms with Crippen molar-refractivity contribution in [3.8, 4) is 0 Å². The molecule has 3 nitrogen and oxygen atoms in total. The Morgan fingerprint density at radius 2 is 2.17 bits per heavy atom. The normalized spacial score (nSPS) is 10.9. The van der Waals surface area contributed by atoms with Gasteiger partial charge in [-0.25, -0.2) is 9.97 Å². The predicted octanol–water partition coefficient (Wildman–Crippen LogP) is 3.90. The highest BCUT2D eigenvalue weighted by atomic mass is 35.5. The van der Waals surface area contributed by atoms with E-state index in [1.54, 1.807) is 18.0 Å². The zero-order valence-corrected chi connectivity index (χ0v) is 11.0. The number of hydrogen-bond donors (Lipinski definition) is 1. The maximum Gasteiger partial charge on any atom is 0.178 e. The van der Waals surface area contributed by atoms with Crippen LogP contribution in [0.5, 0.6) is 0 Å². The summed E-state index contributed by atoms with van der Waals surface area (Å²) >= 11 is 7.59. The highest BCUT2D eigenvalue weighted by molar-refractivity contribution is 7.98. The molecule has 0 radical (unpaired) electrons. The van der Waals surface area contributed by atoms with E-state index in [-0.39, 0.29) is 0 Å². The van der Waals surface area contributed by atoms with Gasteiger partial charge in [-0.3, -0.25) is 0 Å². The molecule has 1 aromatic carbocycles. The second kappa shape index (κ2) is 5.00. The Morgan fingerprint density at radius 1 is 1.22 bits per heavy atom. The van der Waals surface area contributed by atoms with Crippen molar-refractivity contribution in [2.75, 3.05) is 0 Å². The largest absolute Gasteiger partial charge is 0.332 e. The van der Waals surface area contributed by atoms with E-state index >= 15 is 0 Å². The third-order valence-electron chi connectivity index (χ3n) is 2.50. The smallest absolute Gasteiger partial charge is 0.178 e. The van der Waals surface area contributed by atoms with Gasteiger partial charge in [0.1, 0.15) is 0 Å². The maximum absolute atomic E-state index is 5.95. The maximum atomic E-state index is 5.95. The van der Waals surface area contributed by atoms with E-state index in [9.17, 15) is 0 Å². The van der Waals surface area contributed by atoms with Crippen molar-refractivity contribution in [2.24, 2.45) is 0 Å². The fraction of sp³-hybridized carbons (Fsp3) is 0.0769. The molecule has 0 spiro atoms. The van der Waals surface area contributed by atoms with Crippen molar-refractivity contribution in [1.82, 2.24) is 15.0 Å². The van der Waals surface area contributed by atoms with E-state index in [4.69, 9.17) is 11.6 Å². The van der Waals surface area contributed by atoms with Gasteiger partial charge in [-0.2, -0.15) is 0 Å². The second-order valence-electron chi connectivity index (χ2n) is 3.84. The average Bonchev–Trinajstić information content (AvgIpc) is 2.79. The van der Waals surface area contributed by atoms with Crippen LogP contribution in [-0.4, -0.2) is 15.0 Å². The minimum atomic E-state index is 0.756. The number of nitrogens with one attached hydrogen (secondary N) is 1. The van der Waals surface area contributed by atoms with Crippen LogP contribution >= 0.6 is 23.4 Å². The molecule has 5 heteroatoms. The number of nitrogens with zero attached hydrogens (tertiary/aromatic N) is 2. The van der Waals surface area contributed by atoms with Crippen LogP contribution in [0.3, 0.4) is 0 Å². The van der Waals surface area contributed by atoms with Gasteiger partial charge in [-0.1, -0.05) is 35.5 Å². The molecule has 0 amide bonds. The van der Waals surface area contributed by atoms with Crippen molar-refractivity contribution >= 4 is 34.5 Å². The first-order valence-corrected chi connectivity index (χ1v) is 6.85. The first-order valence-electron chi connectivity index (χ1n) is 5.49. The first kappa shape index (κ1) is 11.6. The fourth-order valence-electron chi connectivity index (χ4n) is 1.67. The number of thioether (sulfide) groups is 1. The van der Waals surface area contributed by atoms with Crippen LogP contribution in [0.25, 0.3) is 11.2 Å². The predicted molar refractivity (Wildman–Crippen MR) is 74.9 cm³/mol. The number of H-pyrrole nitrogens is 1. The summed E-state index contributed by atoms with van der Waals surface area (Å²) < 4.78 is 0. The minimum Gasteiger partial charge on any atom is -0.332 e. The molecule has 0 aliphatic rings. The summed E-state index contributed by atoms with van der Waals surface area (Å²) in [5.41, 5.74) is 2.90. The number of rotatable bonds is 3. The minimum absolute atomic E-state index is 0.756. The monoisotopic (exact) mass is 275 g/mol. The Kier molecular flexibility index (Phi) is 3.21. The highest BCUT2D eigenvalue weighted by Crippen LogP contribution is 2.23. The summed E-state index contributed by atoms with van der Waals surface area (Å²) in [5.74, 6) is 0.834. The van der Waals surface area contributed by atoms with Crippen LogP contribution in [0.2, 0.25) is 5.02 Å². The van der Waals surface area contributed by atoms with E-state index in [2.05, 4.69) is 21.0 Å². The molecule has 0 unspecified atom stereocenters. The van der Waals surface area contributed by atoms with Crippen LogP contribution < -0.4 is 0 Å². The quantitative estimate of drug-likeness (QED) is 0.737. The van der Waals surface area contributed by atoms with Gasteiger partial charge in [-0.05, 0) is 29.8 Å². The molecule has 18 heavy (non-hydrogen) atoms. The van der Waals surface area contributed by atoms with Crippen LogP contribution in [-0.2, 0) is 5.75 Å². The fourth-order valence-corrected chi connectivity index (χ4v) is 2.70. The summed E-state index contributed by atoms with van der Waals surface area (Å²) in [5, 5.41) is 1.64. The van der Waals surface area contributed by atoms with Crippen LogP contribution in [0.1, 0.15) is 5.56 Å². The average molecular weight is 276 g/mol. The number of aromatic amines is 1. The molecule has 2 aromatic heterocycles. The number of hydrogen-bond acceptors (Lipinski definition) is 3.